The lowest BCUT2D eigenvalue weighted by Crippen LogP contribution is -2.46. The van der Waals surface area contributed by atoms with Crippen molar-refractivity contribution < 1.29 is 14.7 Å². The summed E-state index contributed by atoms with van der Waals surface area (Å²) in [5.74, 6) is -0.491. The van der Waals surface area contributed by atoms with E-state index in [4.69, 9.17) is 5.11 Å². The summed E-state index contributed by atoms with van der Waals surface area (Å²) in [6.45, 7) is 9.59. The van der Waals surface area contributed by atoms with Crippen molar-refractivity contribution >= 4 is 12.0 Å². The topological polar surface area (TPSA) is 69.6 Å². The number of nitrogens with zero attached hydrogens (tertiary/aromatic N) is 1. The molecule has 0 aliphatic rings. The van der Waals surface area contributed by atoms with Crippen molar-refractivity contribution in [2.45, 2.75) is 39.7 Å². The molecule has 0 fully saturated rings. The van der Waals surface area contributed by atoms with Crippen molar-refractivity contribution in [3.8, 4) is 0 Å². The van der Waals surface area contributed by atoms with E-state index in [-0.39, 0.29) is 25.2 Å². The Morgan fingerprint density at radius 1 is 1.44 bits per heavy atom. The van der Waals surface area contributed by atoms with Crippen LogP contribution in [0.3, 0.4) is 0 Å². The van der Waals surface area contributed by atoms with E-state index in [2.05, 4.69) is 25.7 Å². The Labute approximate surface area is 109 Å². The first-order chi connectivity index (χ1) is 8.40. The molecule has 0 rings (SSSR count). The number of carboxylic acid groups (broad SMARTS) is 1. The van der Waals surface area contributed by atoms with Crippen molar-refractivity contribution in [1.82, 2.24) is 10.2 Å². The standard InChI is InChI=1S/C13H24N2O3/c1-5-7-15(9-12(16)17)13(18)14-11(4)8-10(3)6-2/h5,10-11H,1,6-9H2,2-4H3,(H,14,18)(H,16,17). The molecule has 0 bridgehead atoms. The normalized spacial score (nSPS) is 13.5. The van der Waals surface area contributed by atoms with Gasteiger partial charge in [0.15, 0.2) is 0 Å². The van der Waals surface area contributed by atoms with Gasteiger partial charge >= 0.3 is 12.0 Å². The zero-order valence-electron chi connectivity index (χ0n) is 11.5. The quantitative estimate of drug-likeness (QED) is 0.653. The molecule has 0 aliphatic carbocycles. The van der Waals surface area contributed by atoms with Gasteiger partial charge in [-0.2, -0.15) is 0 Å². The van der Waals surface area contributed by atoms with Crippen molar-refractivity contribution in [3.05, 3.63) is 12.7 Å². The number of rotatable bonds is 8. The molecule has 0 aromatic heterocycles. The highest BCUT2D eigenvalue weighted by molar-refractivity contribution is 5.80. The fraction of sp³-hybridized carbons (Fsp3) is 0.692. The van der Waals surface area contributed by atoms with Gasteiger partial charge in [-0.15, -0.1) is 6.58 Å². The first-order valence-electron chi connectivity index (χ1n) is 6.28. The van der Waals surface area contributed by atoms with E-state index in [1.165, 1.54) is 11.0 Å². The molecule has 0 aliphatic heterocycles. The highest BCUT2D eigenvalue weighted by Gasteiger charge is 2.17. The van der Waals surface area contributed by atoms with Crippen LogP contribution in [0, 0.1) is 5.92 Å². The summed E-state index contributed by atoms with van der Waals surface area (Å²) >= 11 is 0. The van der Waals surface area contributed by atoms with E-state index in [0.29, 0.717) is 5.92 Å². The van der Waals surface area contributed by atoms with Gasteiger partial charge in [-0.05, 0) is 19.3 Å². The zero-order chi connectivity index (χ0) is 14.1. The van der Waals surface area contributed by atoms with Gasteiger partial charge in [0.1, 0.15) is 6.54 Å². The molecule has 0 saturated heterocycles. The minimum atomic E-state index is -1.03. The van der Waals surface area contributed by atoms with Crippen molar-refractivity contribution in [2.24, 2.45) is 5.92 Å². The smallest absolute Gasteiger partial charge is 0.323 e. The van der Waals surface area contributed by atoms with Gasteiger partial charge in [-0.25, -0.2) is 4.79 Å². The first-order valence-corrected chi connectivity index (χ1v) is 6.28. The molecule has 0 aromatic carbocycles. The molecule has 0 radical (unpaired) electrons. The Morgan fingerprint density at radius 2 is 2.06 bits per heavy atom. The Morgan fingerprint density at radius 3 is 2.50 bits per heavy atom. The van der Waals surface area contributed by atoms with Crippen LogP contribution in [0.15, 0.2) is 12.7 Å². The van der Waals surface area contributed by atoms with Gasteiger partial charge < -0.3 is 15.3 Å². The third-order valence-electron chi connectivity index (χ3n) is 2.79. The molecule has 2 N–H and O–H groups in total. The monoisotopic (exact) mass is 256 g/mol. The number of carbonyl (C=O) groups excluding carboxylic acids is 1. The summed E-state index contributed by atoms with van der Waals surface area (Å²) in [5, 5.41) is 11.5. The molecule has 2 atom stereocenters. The number of amides is 2. The summed E-state index contributed by atoms with van der Waals surface area (Å²) < 4.78 is 0. The Hall–Kier alpha value is -1.52. The zero-order valence-corrected chi connectivity index (χ0v) is 11.5. The molecular formula is C13H24N2O3. The molecule has 5 heteroatoms. The average molecular weight is 256 g/mol. The van der Waals surface area contributed by atoms with Crippen LogP contribution in [0.5, 0.6) is 0 Å². The van der Waals surface area contributed by atoms with Gasteiger partial charge in [-0.1, -0.05) is 26.3 Å². The third-order valence-corrected chi connectivity index (χ3v) is 2.79. The molecule has 2 unspecified atom stereocenters. The number of hydrogen-bond acceptors (Lipinski definition) is 2. The molecule has 5 nitrogen and oxygen atoms in total. The summed E-state index contributed by atoms with van der Waals surface area (Å²) in [5.41, 5.74) is 0. The molecule has 2 amide bonds. The maximum Gasteiger partial charge on any atom is 0.323 e. The van der Waals surface area contributed by atoms with Gasteiger partial charge in [0, 0.05) is 12.6 Å². The Bertz CT molecular complexity index is 292. The van der Waals surface area contributed by atoms with E-state index >= 15 is 0 Å². The van der Waals surface area contributed by atoms with Gasteiger partial charge in [0.05, 0.1) is 0 Å². The lowest BCUT2D eigenvalue weighted by atomic mass is 10.0. The second-order valence-electron chi connectivity index (χ2n) is 4.66. The van der Waals surface area contributed by atoms with E-state index in [0.717, 1.165) is 12.8 Å². The van der Waals surface area contributed by atoms with Crippen LogP contribution >= 0.6 is 0 Å². The van der Waals surface area contributed by atoms with Crippen LogP contribution in [0.1, 0.15) is 33.6 Å². The first kappa shape index (κ1) is 16.5. The maximum absolute atomic E-state index is 11.9. The number of aliphatic carboxylic acids is 1. The maximum atomic E-state index is 11.9. The molecular weight excluding hydrogens is 232 g/mol. The minimum absolute atomic E-state index is 0.0357. The van der Waals surface area contributed by atoms with E-state index in [1.807, 2.05) is 6.92 Å². The van der Waals surface area contributed by atoms with Crippen LogP contribution < -0.4 is 5.32 Å². The lowest BCUT2D eigenvalue weighted by Gasteiger charge is -2.23. The van der Waals surface area contributed by atoms with Gasteiger partial charge in [-0.3, -0.25) is 4.79 Å². The predicted molar refractivity (Wildman–Crippen MR) is 71.5 cm³/mol. The minimum Gasteiger partial charge on any atom is -0.480 e. The molecule has 0 aromatic rings. The lowest BCUT2D eigenvalue weighted by molar-refractivity contribution is -0.137. The number of nitrogens with one attached hydrogen (secondary N) is 1. The van der Waals surface area contributed by atoms with Crippen LogP contribution in [-0.2, 0) is 4.79 Å². The van der Waals surface area contributed by atoms with E-state index in [9.17, 15) is 9.59 Å². The second-order valence-corrected chi connectivity index (χ2v) is 4.66. The second kappa shape index (κ2) is 8.55. The number of carboxylic acids is 1. The largest absolute Gasteiger partial charge is 0.480 e. The summed E-state index contributed by atoms with van der Waals surface area (Å²) in [6, 6.07) is -0.318. The van der Waals surface area contributed by atoms with Crippen molar-refractivity contribution in [3.63, 3.8) is 0 Å². The molecule has 104 valence electrons. The molecule has 0 saturated carbocycles. The molecule has 18 heavy (non-hydrogen) atoms. The number of hydrogen-bond donors (Lipinski definition) is 2. The molecule has 0 heterocycles. The fourth-order valence-corrected chi connectivity index (χ4v) is 1.67. The van der Waals surface area contributed by atoms with Crippen LogP contribution in [0.2, 0.25) is 0 Å². The summed E-state index contributed by atoms with van der Waals surface area (Å²) in [6.07, 6.45) is 3.46. The number of carbonyl (C=O) groups is 2. The summed E-state index contributed by atoms with van der Waals surface area (Å²) in [7, 11) is 0. The average Bonchev–Trinajstić information content (AvgIpc) is 2.27. The van der Waals surface area contributed by atoms with Gasteiger partial charge in [0.25, 0.3) is 0 Å². The Balaban J connectivity index is 4.31. The van der Waals surface area contributed by atoms with E-state index in [1.54, 1.807) is 0 Å². The number of urea groups is 1. The van der Waals surface area contributed by atoms with Crippen molar-refractivity contribution in [1.29, 1.82) is 0 Å². The highest BCUT2D eigenvalue weighted by Crippen LogP contribution is 2.09. The van der Waals surface area contributed by atoms with Crippen LogP contribution in [-0.4, -0.2) is 41.1 Å². The van der Waals surface area contributed by atoms with Crippen LogP contribution in [0.4, 0.5) is 4.79 Å². The van der Waals surface area contributed by atoms with E-state index < -0.39 is 5.97 Å². The molecule has 0 spiro atoms. The highest BCUT2D eigenvalue weighted by atomic mass is 16.4. The van der Waals surface area contributed by atoms with Gasteiger partial charge in [0.2, 0.25) is 0 Å². The summed E-state index contributed by atoms with van der Waals surface area (Å²) in [4.78, 5) is 23.7. The van der Waals surface area contributed by atoms with Crippen molar-refractivity contribution in [2.75, 3.05) is 13.1 Å². The predicted octanol–water partition coefficient (Wildman–Crippen LogP) is 2.09. The van der Waals surface area contributed by atoms with Crippen LogP contribution in [0.25, 0.3) is 0 Å². The Kier molecular flexibility index (Phi) is 7.83. The third kappa shape index (κ3) is 6.93. The fourth-order valence-electron chi connectivity index (χ4n) is 1.67. The SMILES string of the molecule is C=CCN(CC(=O)O)C(=O)NC(C)CC(C)CC.